The van der Waals surface area contributed by atoms with Crippen LogP contribution in [0.3, 0.4) is 0 Å². The lowest BCUT2D eigenvalue weighted by atomic mass is 9.45. The summed E-state index contributed by atoms with van der Waals surface area (Å²) in [5.74, 6) is 2.76. The van der Waals surface area contributed by atoms with Crippen molar-refractivity contribution in [1.82, 2.24) is 4.90 Å². The van der Waals surface area contributed by atoms with Crippen LogP contribution in [0.4, 0.5) is 0 Å². The molecule has 1 saturated heterocycles. The first-order valence-corrected chi connectivity index (χ1v) is 12.5. The summed E-state index contributed by atoms with van der Waals surface area (Å²) in [6, 6.07) is 0.383. The molecule has 1 heterocycles. The molecule has 3 nitrogen and oxygen atoms in total. The zero-order chi connectivity index (χ0) is 19.7. The van der Waals surface area contributed by atoms with Gasteiger partial charge in [-0.05, 0) is 105 Å². The fourth-order valence-electron chi connectivity index (χ4n) is 8.82. The molecule has 0 aromatic heterocycles. The van der Waals surface area contributed by atoms with Gasteiger partial charge in [0.05, 0.1) is 17.6 Å². The summed E-state index contributed by atoms with van der Waals surface area (Å²) in [5.41, 5.74) is 0.380. The molecule has 5 unspecified atom stereocenters. The van der Waals surface area contributed by atoms with E-state index in [1.54, 1.807) is 0 Å². The highest BCUT2D eigenvalue weighted by Crippen LogP contribution is 2.66. The van der Waals surface area contributed by atoms with Gasteiger partial charge in [-0.2, -0.15) is 0 Å². The fourth-order valence-corrected chi connectivity index (χ4v) is 9.26. The smallest absolute Gasteiger partial charge is 0.0751 e. The van der Waals surface area contributed by atoms with Crippen molar-refractivity contribution < 1.29 is 10.2 Å². The zero-order valence-electron chi connectivity index (χ0n) is 17.8. The van der Waals surface area contributed by atoms with Crippen molar-refractivity contribution in [2.75, 3.05) is 13.1 Å². The summed E-state index contributed by atoms with van der Waals surface area (Å²) in [5, 5.41) is 21.7. The van der Waals surface area contributed by atoms with Gasteiger partial charge in [-0.3, -0.25) is 4.90 Å². The van der Waals surface area contributed by atoms with E-state index in [-0.39, 0.29) is 28.4 Å². The van der Waals surface area contributed by atoms with Crippen molar-refractivity contribution in [3.05, 3.63) is 0 Å². The van der Waals surface area contributed by atoms with Crippen LogP contribution >= 0.6 is 11.6 Å². The number of aliphatic hydroxyl groups excluding tert-OH is 2. The van der Waals surface area contributed by atoms with E-state index in [4.69, 9.17) is 11.6 Å². The standard InChI is InChI=1S/C24H40ClNO2/c1-23-9-8-17-16(7-6-15-12-21(27)19(25)14-24(15,17)2)18(23)13-20(22(23)28)26-10-4-3-5-11-26/h15-22,27-28H,3-14H2,1-2H3/t15?,16-,17-,18+,19?,20?,21?,22?,23+,24+/m1/s1. The maximum atomic E-state index is 11.5. The molecule has 0 bridgehead atoms. The number of hydrogen-bond donors (Lipinski definition) is 2. The first-order chi connectivity index (χ1) is 13.3. The van der Waals surface area contributed by atoms with Crippen LogP contribution in [0.25, 0.3) is 0 Å². The predicted octanol–water partition coefficient (Wildman–Crippen LogP) is 4.43. The third kappa shape index (κ3) is 2.86. The summed E-state index contributed by atoms with van der Waals surface area (Å²) in [6.45, 7) is 7.27. The topological polar surface area (TPSA) is 43.7 Å². The lowest BCUT2D eigenvalue weighted by Gasteiger charge is -2.61. The van der Waals surface area contributed by atoms with E-state index >= 15 is 0 Å². The molecule has 10 atom stereocenters. The second-order valence-electron chi connectivity index (χ2n) is 11.6. The highest BCUT2D eigenvalue weighted by Gasteiger charge is 2.63. The van der Waals surface area contributed by atoms with Gasteiger partial charge < -0.3 is 10.2 Å². The number of likely N-dealkylation sites (tertiary alicyclic amines) is 1. The van der Waals surface area contributed by atoms with Crippen molar-refractivity contribution in [2.45, 2.75) is 102 Å². The first-order valence-electron chi connectivity index (χ1n) is 12.1. The molecule has 4 heteroatoms. The van der Waals surface area contributed by atoms with E-state index in [0.29, 0.717) is 17.9 Å². The molecular formula is C24H40ClNO2. The minimum Gasteiger partial charge on any atom is -0.392 e. The Morgan fingerprint density at radius 1 is 0.893 bits per heavy atom. The van der Waals surface area contributed by atoms with E-state index in [1.165, 1.54) is 64.5 Å². The average molecular weight is 410 g/mol. The van der Waals surface area contributed by atoms with Crippen LogP contribution in [0.5, 0.6) is 0 Å². The van der Waals surface area contributed by atoms with Gasteiger partial charge in [0.15, 0.2) is 0 Å². The van der Waals surface area contributed by atoms with E-state index < -0.39 is 0 Å². The molecular weight excluding hydrogens is 370 g/mol. The van der Waals surface area contributed by atoms with Gasteiger partial charge in [-0.25, -0.2) is 0 Å². The molecule has 0 spiro atoms. The highest BCUT2D eigenvalue weighted by atomic mass is 35.5. The molecule has 5 aliphatic rings. The number of halogens is 1. The van der Waals surface area contributed by atoms with Gasteiger partial charge in [-0.15, -0.1) is 11.6 Å². The van der Waals surface area contributed by atoms with Gasteiger partial charge >= 0.3 is 0 Å². The number of rotatable bonds is 1. The number of alkyl halides is 1. The molecule has 5 fully saturated rings. The van der Waals surface area contributed by atoms with Crippen LogP contribution in [0, 0.1) is 34.5 Å². The predicted molar refractivity (Wildman–Crippen MR) is 113 cm³/mol. The van der Waals surface area contributed by atoms with Crippen LogP contribution in [-0.4, -0.2) is 51.8 Å². The summed E-state index contributed by atoms with van der Waals surface area (Å²) in [7, 11) is 0. The Kier molecular flexibility index (Phi) is 5.10. The molecule has 2 N–H and O–H groups in total. The van der Waals surface area contributed by atoms with E-state index in [1.807, 2.05) is 0 Å². The first kappa shape index (κ1) is 20.1. The Bertz CT molecular complexity index is 595. The van der Waals surface area contributed by atoms with Crippen molar-refractivity contribution in [2.24, 2.45) is 34.5 Å². The SMILES string of the molecule is C[C@]12CC(Cl)C(O)CC1CC[C@@H]1[C@H]2CC[C@]2(C)C(O)C(N3CCCCC3)C[C@@H]12. The van der Waals surface area contributed by atoms with Crippen LogP contribution in [-0.2, 0) is 0 Å². The monoisotopic (exact) mass is 409 g/mol. The van der Waals surface area contributed by atoms with Crippen molar-refractivity contribution in [1.29, 1.82) is 0 Å². The fraction of sp³-hybridized carbons (Fsp3) is 1.00. The van der Waals surface area contributed by atoms with Crippen LogP contribution < -0.4 is 0 Å². The molecule has 0 radical (unpaired) electrons. The van der Waals surface area contributed by atoms with Crippen LogP contribution in [0.15, 0.2) is 0 Å². The van der Waals surface area contributed by atoms with Crippen molar-refractivity contribution in [3.63, 3.8) is 0 Å². The molecule has 4 aliphatic carbocycles. The second kappa shape index (κ2) is 7.11. The number of hydrogen-bond acceptors (Lipinski definition) is 3. The van der Waals surface area contributed by atoms with Gasteiger partial charge in [0.2, 0.25) is 0 Å². The number of aliphatic hydroxyl groups is 2. The third-order valence-corrected chi connectivity index (χ3v) is 10.9. The Labute approximate surface area is 176 Å². The van der Waals surface area contributed by atoms with Gasteiger partial charge in [0.25, 0.3) is 0 Å². The molecule has 0 aromatic carbocycles. The number of nitrogens with zero attached hydrogens (tertiary/aromatic N) is 1. The molecule has 4 saturated carbocycles. The van der Waals surface area contributed by atoms with E-state index in [9.17, 15) is 10.2 Å². The molecule has 0 aromatic rings. The largest absolute Gasteiger partial charge is 0.392 e. The Balaban J connectivity index is 1.40. The molecule has 1 aliphatic heterocycles. The maximum absolute atomic E-state index is 11.5. The van der Waals surface area contributed by atoms with E-state index in [0.717, 1.165) is 24.7 Å². The number of fused-ring (bicyclic) bond motifs is 5. The Morgan fingerprint density at radius 3 is 2.39 bits per heavy atom. The average Bonchev–Trinajstić information content (AvgIpc) is 2.95. The Morgan fingerprint density at radius 2 is 1.64 bits per heavy atom. The summed E-state index contributed by atoms with van der Waals surface area (Å²) < 4.78 is 0. The second-order valence-corrected chi connectivity index (χ2v) is 12.1. The minimum atomic E-state index is -0.318. The van der Waals surface area contributed by atoms with E-state index in [2.05, 4.69) is 18.7 Å². The lowest BCUT2D eigenvalue weighted by Crippen LogP contribution is -2.56. The van der Waals surface area contributed by atoms with Crippen LogP contribution in [0.1, 0.15) is 78.1 Å². The van der Waals surface area contributed by atoms with Crippen molar-refractivity contribution in [3.8, 4) is 0 Å². The quantitative estimate of drug-likeness (QED) is 0.629. The molecule has 5 rings (SSSR count). The normalized spacial score (nSPS) is 57.3. The molecule has 0 amide bonds. The van der Waals surface area contributed by atoms with Gasteiger partial charge in [0, 0.05) is 6.04 Å². The lowest BCUT2D eigenvalue weighted by molar-refractivity contribution is -0.134. The van der Waals surface area contributed by atoms with Crippen molar-refractivity contribution >= 4 is 11.6 Å². The maximum Gasteiger partial charge on any atom is 0.0751 e. The third-order valence-electron chi connectivity index (χ3n) is 10.5. The summed E-state index contributed by atoms with van der Waals surface area (Å²) in [4.78, 5) is 2.63. The summed E-state index contributed by atoms with van der Waals surface area (Å²) >= 11 is 6.60. The Hall–Kier alpha value is 0.170. The van der Waals surface area contributed by atoms with Crippen LogP contribution in [0.2, 0.25) is 0 Å². The summed E-state index contributed by atoms with van der Waals surface area (Å²) in [6.07, 6.45) is 11.5. The van der Waals surface area contributed by atoms with Gasteiger partial charge in [-0.1, -0.05) is 20.3 Å². The molecule has 160 valence electrons. The zero-order valence-corrected chi connectivity index (χ0v) is 18.6. The number of piperidine rings is 1. The van der Waals surface area contributed by atoms with Gasteiger partial charge in [0.1, 0.15) is 0 Å². The highest BCUT2D eigenvalue weighted by molar-refractivity contribution is 6.21. The molecule has 28 heavy (non-hydrogen) atoms. The minimum absolute atomic E-state index is 0.0800.